The fourth-order valence-electron chi connectivity index (χ4n) is 9.26. The summed E-state index contributed by atoms with van der Waals surface area (Å²) in [5, 5.41) is 7.46. The van der Waals surface area contributed by atoms with Gasteiger partial charge in [0, 0.05) is 13.1 Å². The van der Waals surface area contributed by atoms with E-state index in [1.807, 2.05) is 5.56 Å². The van der Waals surface area contributed by atoms with Crippen molar-refractivity contribution in [2.45, 2.75) is 94.0 Å². The Hall–Kier alpha value is -0.0000000000000000555. The maximum atomic E-state index is 3.73. The van der Waals surface area contributed by atoms with Crippen LogP contribution in [0.4, 0.5) is 0 Å². The van der Waals surface area contributed by atoms with E-state index in [9.17, 15) is 0 Å². The second-order valence-electron chi connectivity index (χ2n) is 13.7. The van der Waals surface area contributed by atoms with E-state index in [4.69, 9.17) is 0 Å². The van der Waals surface area contributed by atoms with E-state index in [0.29, 0.717) is 5.41 Å². The van der Waals surface area contributed by atoms with E-state index < -0.39 is 0 Å². The average molecular weight is 499 g/mol. The molecule has 6 unspecified atom stereocenters. The summed E-state index contributed by atoms with van der Waals surface area (Å²) in [5.41, 5.74) is 7.67. The normalized spacial score (nSPS) is 40.2. The Morgan fingerprint density at radius 1 is 0.971 bits per heavy atom. The van der Waals surface area contributed by atoms with Gasteiger partial charge in [0.1, 0.15) is 0 Å². The zero-order chi connectivity index (χ0) is 23.5. The molecule has 7 rings (SSSR count). The molecule has 4 heteroatoms. The predicted octanol–water partition coefficient (Wildman–Crippen LogP) is 6.26. The molecule has 4 saturated carbocycles. The van der Waals surface area contributed by atoms with Gasteiger partial charge in [-0.25, -0.2) is 0 Å². The summed E-state index contributed by atoms with van der Waals surface area (Å²) < 4.78 is 0. The van der Waals surface area contributed by atoms with Crippen molar-refractivity contribution in [1.29, 1.82) is 0 Å². The van der Waals surface area contributed by atoms with Crippen LogP contribution in [0, 0.1) is 23.7 Å². The molecule has 1 aromatic carbocycles. The summed E-state index contributed by atoms with van der Waals surface area (Å²) in [6, 6.07) is 7.92. The van der Waals surface area contributed by atoms with E-state index >= 15 is 0 Å². The zero-order valence-corrected chi connectivity index (χ0v) is 24.0. The first-order valence-electron chi connectivity index (χ1n) is 14.4. The van der Waals surface area contributed by atoms with Crippen molar-refractivity contribution in [1.82, 2.24) is 10.6 Å². The highest BCUT2D eigenvalue weighted by Crippen LogP contribution is 2.65. The number of hydrogen-bond donors (Lipinski definition) is 2. The molecule has 188 valence electrons. The SMILES string of the molecule is CC(C)(C)c1ccc(C23CC4CC(CC(C4)C2CP)C3)c(CP(C2CCNC2)C2CCNC2)c1. The van der Waals surface area contributed by atoms with Crippen molar-refractivity contribution in [2.75, 3.05) is 32.3 Å². The minimum Gasteiger partial charge on any atom is -0.316 e. The van der Waals surface area contributed by atoms with E-state index in [1.54, 1.807) is 11.1 Å². The lowest BCUT2D eigenvalue weighted by atomic mass is 9.43. The molecule has 2 N–H and O–H groups in total. The third-order valence-corrected chi connectivity index (χ3v) is 14.6. The summed E-state index contributed by atoms with van der Waals surface area (Å²) in [6.45, 7) is 12.2. The van der Waals surface area contributed by atoms with Crippen LogP contribution in [0.25, 0.3) is 0 Å². The molecule has 6 fully saturated rings. The van der Waals surface area contributed by atoms with Crippen LogP contribution >= 0.6 is 17.2 Å². The average Bonchev–Trinajstić information content (AvgIpc) is 3.51. The lowest BCUT2D eigenvalue weighted by Gasteiger charge is -2.62. The van der Waals surface area contributed by atoms with Gasteiger partial charge in [0.25, 0.3) is 0 Å². The highest BCUT2D eigenvalue weighted by molar-refractivity contribution is 7.58. The molecule has 4 aliphatic carbocycles. The Morgan fingerprint density at radius 3 is 2.15 bits per heavy atom. The molecule has 2 aliphatic heterocycles. The van der Waals surface area contributed by atoms with Crippen molar-refractivity contribution in [3.63, 3.8) is 0 Å². The molecule has 2 heterocycles. The molecule has 4 bridgehead atoms. The molecule has 0 radical (unpaired) electrons. The van der Waals surface area contributed by atoms with Gasteiger partial charge in [0.05, 0.1) is 0 Å². The van der Waals surface area contributed by atoms with Crippen LogP contribution in [0.15, 0.2) is 18.2 Å². The minimum absolute atomic E-state index is 0.00629. The molecule has 1 aromatic rings. The largest absolute Gasteiger partial charge is 0.316 e. The number of hydrogen-bond acceptors (Lipinski definition) is 2. The monoisotopic (exact) mass is 498 g/mol. The van der Waals surface area contributed by atoms with Crippen LogP contribution in [0.3, 0.4) is 0 Å². The van der Waals surface area contributed by atoms with Crippen LogP contribution in [0.2, 0.25) is 0 Å². The van der Waals surface area contributed by atoms with E-state index in [-0.39, 0.29) is 13.3 Å². The fraction of sp³-hybridized carbons (Fsp3) is 0.800. The maximum Gasteiger partial charge on any atom is 0.00196 e. The second kappa shape index (κ2) is 9.39. The molecule has 34 heavy (non-hydrogen) atoms. The van der Waals surface area contributed by atoms with Gasteiger partial charge in [-0.1, -0.05) is 46.9 Å². The molecule has 2 nitrogen and oxygen atoms in total. The van der Waals surface area contributed by atoms with Crippen molar-refractivity contribution >= 4 is 17.2 Å². The summed E-state index contributed by atoms with van der Waals surface area (Å²) >= 11 is 0. The van der Waals surface area contributed by atoms with Crippen LogP contribution in [0.5, 0.6) is 0 Å². The Morgan fingerprint density at radius 2 is 1.62 bits per heavy atom. The Kier molecular flexibility index (Phi) is 6.72. The summed E-state index contributed by atoms with van der Waals surface area (Å²) in [6.07, 6.45) is 13.0. The van der Waals surface area contributed by atoms with Crippen LogP contribution < -0.4 is 10.6 Å². The Bertz CT molecular complexity index is 850. The first kappa shape index (κ1) is 24.3. The lowest BCUT2D eigenvalue weighted by molar-refractivity contribution is -0.0520. The number of rotatable bonds is 6. The maximum absolute atomic E-state index is 3.73. The van der Waals surface area contributed by atoms with Crippen molar-refractivity contribution in [2.24, 2.45) is 23.7 Å². The molecule has 0 aromatic heterocycles. The molecule has 6 aliphatic rings. The van der Waals surface area contributed by atoms with Crippen LogP contribution in [0.1, 0.15) is 82.4 Å². The van der Waals surface area contributed by atoms with Gasteiger partial charge in [-0.05, 0) is 133 Å². The first-order chi connectivity index (χ1) is 16.4. The van der Waals surface area contributed by atoms with Gasteiger partial charge in [0.15, 0.2) is 0 Å². The van der Waals surface area contributed by atoms with Crippen LogP contribution in [-0.2, 0) is 17.0 Å². The van der Waals surface area contributed by atoms with Gasteiger partial charge in [-0.15, -0.1) is 9.24 Å². The van der Waals surface area contributed by atoms with Crippen molar-refractivity contribution < 1.29 is 0 Å². The second-order valence-corrected chi connectivity index (χ2v) is 17.0. The molecule has 0 spiro atoms. The van der Waals surface area contributed by atoms with Gasteiger partial charge < -0.3 is 10.6 Å². The van der Waals surface area contributed by atoms with Gasteiger partial charge in [0.2, 0.25) is 0 Å². The highest BCUT2D eigenvalue weighted by atomic mass is 31.1. The van der Waals surface area contributed by atoms with Crippen molar-refractivity contribution in [3.05, 3.63) is 34.9 Å². The quantitative estimate of drug-likeness (QED) is 0.453. The smallest absolute Gasteiger partial charge is 0.00196 e. The van der Waals surface area contributed by atoms with E-state index in [1.165, 1.54) is 83.4 Å². The molecular formula is C30H48N2P2. The minimum atomic E-state index is 0.00629. The molecule has 2 saturated heterocycles. The van der Waals surface area contributed by atoms with Gasteiger partial charge in [-0.3, -0.25) is 0 Å². The fourth-order valence-corrected chi connectivity index (χ4v) is 13.5. The van der Waals surface area contributed by atoms with Crippen molar-refractivity contribution in [3.8, 4) is 0 Å². The number of benzene rings is 1. The zero-order valence-electron chi connectivity index (χ0n) is 21.9. The third kappa shape index (κ3) is 4.26. The number of nitrogens with one attached hydrogen (secondary N) is 2. The van der Waals surface area contributed by atoms with E-state index in [2.05, 4.69) is 58.8 Å². The lowest BCUT2D eigenvalue weighted by Crippen LogP contribution is -2.56. The van der Waals surface area contributed by atoms with Gasteiger partial charge >= 0.3 is 0 Å². The Labute approximate surface area is 212 Å². The standard InChI is InChI=1S/C30H48N2P2/c1-29(2,3)24-4-5-27(30-14-20-10-21(15-30)12-22(11-20)28(30)18-33)23(13-24)19-34(25-6-8-31-16-25)26-7-9-32-17-26/h4-5,13,20-22,25-26,28,31-32H,6-12,14-19,33H2,1-3H3. The Balaban J connectivity index is 1.43. The van der Waals surface area contributed by atoms with E-state index in [0.717, 1.165) is 35.0 Å². The molecule has 0 amide bonds. The topological polar surface area (TPSA) is 24.1 Å². The molecular weight excluding hydrogens is 450 g/mol. The summed E-state index contributed by atoms with van der Waals surface area (Å²) in [5.74, 6) is 3.87. The van der Waals surface area contributed by atoms with Gasteiger partial charge in [-0.2, -0.15) is 0 Å². The predicted molar refractivity (Wildman–Crippen MR) is 152 cm³/mol. The summed E-state index contributed by atoms with van der Waals surface area (Å²) in [4.78, 5) is 0. The first-order valence-corrected chi connectivity index (χ1v) is 16.9. The van der Waals surface area contributed by atoms with Crippen LogP contribution in [-0.4, -0.2) is 43.7 Å². The third-order valence-electron chi connectivity index (χ3n) is 10.6. The highest BCUT2D eigenvalue weighted by Gasteiger charge is 2.57. The molecule has 6 atom stereocenters. The summed E-state index contributed by atoms with van der Waals surface area (Å²) in [7, 11) is 3.20.